The molecule has 0 unspecified atom stereocenters. The van der Waals surface area contributed by atoms with E-state index in [9.17, 15) is 16.8 Å². The number of hydrogen-bond acceptors (Lipinski definition) is 14. The van der Waals surface area contributed by atoms with Crippen LogP contribution < -0.4 is 16.5 Å². The number of aliphatic hydroxyl groups is 2. The van der Waals surface area contributed by atoms with Crippen molar-refractivity contribution in [3.63, 3.8) is 0 Å². The Labute approximate surface area is 307 Å². The molecule has 2 radical (unpaired) electrons. The number of sulfone groups is 2. The average molecular weight is 767 g/mol. The molecule has 0 spiro atoms. The van der Waals surface area contributed by atoms with E-state index in [4.69, 9.17) is 23.8 Å². The zero-order chi connectivity index (χ0) is 37.0. The van der Waals surface area contributed by atoms with Gasteiger partial charge in [0.1, 0.15) is 7.85 Å². The summed E-state index contributed by atoms with van der Waals surface area (Å²) in [7, 11) is -1.10. The monoisotopic (exact) mass is 766 g/mol. The highest BCUT2D eigenvalue weighted by Crippen LogP contribution is 2.30. The normalized spacial score (nSPS) is 10.7. The summed E-state index contributed by atoms with van der Waals surface area (Å²) >= 11 is 0. The molecule has 18 nitrogen and oxygen atoms in total. The summed E-state index contributed by atoms with van der Waals surface area (Å²) in [6.07, 6.45) is 2.31. The Morgan fingerprint density at radius 3 is 1.57 bits per heavy atom. The Hall–Kier alpha value is -5.58. The summed E-state index contributed by atoms with van der Waals surface area (Å²) < 4.78 is 45.9. The van der Waals surface area contributed by atoms with Gasteiger partial charge in [0.25, 0.3) is 0 Å². The molecule has 0 saturated heterocycles. The second-order valence-corrected chi connectivity index (χ2v) is 14.7. The SMILES string of the molecule is CS(=O)(=O)c1ccccc1Nc1ccccc1-c1nnn(CCO)n1.Nc1ccccc1-c1nnn(CCO)n1.O.O.[B]c1ccccc1S(C)(=O)=O. The first-order valence-corrected chi connectivity index (χ1v) is 18.9. The minimum Gasteiger partial charge on any atom is -0.412 e. The van der Waals surface area contributed by atoms with Crippen molar-refractivity contribution in [3.05, 3.63) is 97.1 Å². The number of aliphatic hydroxyl groups excluding tert-OH is 2. The summed E-state index contributed by atoms with van der Waals surface area (Å²) in [5, 5.41) is 44.6. The molecule has 0 aliphatic rings. The number of anilines is 3. The van der Waals surface area contributed by atoms with Crippen molar-refractivity contribution in [2.24, 2.45) is 0 Å². The van der Waals surface area contributed by atoms with Gasteiger partial charge in [0.2, 0.25) is 11.6 Å². The van der Waals surface area contributed by atoms with Gasteiger partial charge in [0.15, 0.2) is 19.7 Å². The maximum atomic E-state index is 12.0. The van der Waals surface area contributed by atoms with Crippen molar-refractivity contribution < 1.29 is 38.0 Å². The number of tetrazole rings is 2. The van der Waals surface area contributed by atoms with Crippen LogP contribution >= 0.6 is 0 Å². The van der Waals surface area contributed by atoms with E-state index in [2.05, 4.69) is 36.1 Å². The highest BCUT2D eigenvalue weighted by atomic mass is 32.2. The van der Waals surface area contributed by atoms with Gasteiger partial charge in [0.05, 0.1) is 41.8 Å². The largest absolute Gasteiger partial charge is 0.412 e. The third-order valence-electron chi connectivity index (χ3n) is 6.75. The summed E-state index contributed by atoms with van der Waals surface area (Å²) in [6.45, 7) is 0.483. The number of nitrogens with two attached hydrogens (primary N) is 1. The van der Waals surface area contributed by atoms with Gasteiger partial charge in [0, 0.05) is 35.0 Å². The number of rotatable bonds is 10. The molecule has 9 N–H and O–H groups in total. The molecule has 0 fully saturated rings. The molecule has 280 valence electrons. The van der Waals surface area contributed by atoms with Crippen molar-refractivity contribution in [3.8, 4) is 22.8 Å². The predicted octanol–water partition coefficient (Wildman–Crippen LogP) is -0.371. The molecule has 0 aliphatic heterocycles. The second-order valence-electron chi connectivity index (χ2n) is 10.7. The van der Waals surface area contributed by atoms with Gasteiger partial charge in [-0.05, 0) is 52.9 Å². The third-order valence-corrected chi connectivity index (χ3v) is 9.08. The van der Waals surface area contributed by atoms with E-state index < -0.39 is 19.7 Å². The second kappa shape index (κ2) is 19.9. The predicted molar refractivity (Wildman–Crippen MR) is 200 cm³/mol. The lowest BCUT2D eigenvalue weighted by Gasteiger charge is -2.13. The zero-order valence-corrected chi connectivity index (χ0v) is 30.3. The first kappa shape index (κ1) is 43.6. The molecule has 0 bridgehead atoms. The fraction of sp³-hybridized carbons (Fsp3) is 0.188. The topological polar surface area (TPSA) is 297 Å². The molecule has 0 amide bonds. The number of nitrogens with zero attached hydrogens (tertiary/aromatic N) is 8. The van der Waals surface area contributed by atoms with Crippen LogP contribution in [0.5, 0.6) is 0 Å². The van der Waals surface area contributed by atoms with Gasteiger partial charge in [-0.2, -0.15) is 9.59 Å². The minimum absolute atomic E-state index is 0. The van der Waals surface area contributed by atoms with Crippen molar-refractivity contribution >= 4 is 50.0 Å². The highest BCUT2D eigenvalue weighted by molar-refractivity contribution is 7.91. The van der Waals surface area contributed by atoms with E-state index in [0.717, 1.165) is 11.8 Å². The van der Waals surface area contributed by atoms with E-state index >= 15 is 0 Å². The molecular formula is C32H39BN10O8S2. The molecule has 21 heteroatoms. The fourth-order valence-corrected chi connectivity index (χ4v) is 6.08. The van der Waals surface area contributed by atoms with Crippen molar-refractivity contribution in [1.82, 2.24) is 40.4 Å². The number of hydrogen-bond donors (Lipinski definition) is 4. The quantitative estimate of drug-likeness (QED) is 0.102. The van der Waals surface area contributed by atoms with E-state index in [1.54, 1.807) is 54.6 Å². The molecule has 4 aromatic carbocycles. The summed E-state index contributed by atoms with van der Waals surface area (Å²) in [5.41, 5.74) is 9.24. The van der Waals surface area contributed by atoms with Gasteiger partial charge in [-0.15, -0.1) is 20.4 Å². The Balaban J connectivity index is 0.000000297. The van der Waals surface area contributed by atoms with Crippen LogP contribution in [0.15, 0.2) is 107 Å². The fourth-order valence-electron chi connectivity index (χ4n) is 4.41. The molecule has 53 heavy (non-hydrogen) atoms. The third kappa shape index (κ3) is 12.3. The van der Waals surface area contributed by atoms with Gasteiger partial charge < -0.3 is 32.2 Å². The van der Waals surface area contributed by atoms with Gasteiger partial charge in [-0.25, -0.2) is 16.8 Å². The molecule has 2 heterocycles. The average Bonchev–Trinajstić information content (AvgIpc) is 3.76. The van der Waals surface area contributed by atoms with E-state index in [-0.39, 0.29) is 40.5 Å². The number of aromatic nitrogens is 8. The number of para-hydroxylation sites is 3. The molecular weight excluding hydrogens is 727 g/mol. The van der Waals surface area contributed by atoms with Crippen LogP contribution in [0.25, 0.3) is 22.8 Å². The lowest BCUT2D eigenvalue weighted by molar-refractivity contribution is 0.259. The lowest BCUT2D eigenvalue weighted by Crippen LogP contribution is -2.13. The van der Waals surface area contributed by atoms with Gasteiger partial charge in [-0.1, -0.05) is 60.1 Å². The van der Waals surface area contributed by atoms with Crippen molar-refractivity contribution in [2.75, 3.05) is 36.8 Å². The lowest BCUT2D eigenvalue weighted by atomic mass is 9.97. The Morgan fingerprint density at radius 2 is 1.08 bits per heavy atom. The van der Waals surface area contributed by atoms with Gasteiger partial charge in [-0.3, -0.25) is 0 Å². The first-order chi connectivity index (χ1) is 24.3. The van der Waals surface area contributed by atoms with Crippen LogP contribution in [0.1, 0.15) is 0 Å². The number of benzene rings is 4. The van der Waals surface area contributed by atoms with Crippen molar-refractivity contribution in [2.45, 2.75) is 22.9 Å². The van der Waals surface area contributed by atoms with Crippen LogP contribution in [-0.4, -0.2) is 112 Å². The zero-order valence-electron chi connectivity index (χ0n) is 28.6. The van der Waals surface area contributed by atoms with Crippen LogP contribution in [0.4, 0.5) is 17.1 Å². The molecule has 6 rings (SSSR count). The molecule has 0 aliphatic carbocycles. The molecule has 0 saturated carbocycles. The van der Waals surface area contributed by atoms with E-state index in [1.807, 2.05) is 36.4 Å². The summed E-state index contributed by atoms with van der Waals surface area (Å²) in [6, 6.07) is 27.7. The van der Waals surface area contributed by atoms with E-state index in [0.29, 0.717) is 46.3 Å². The first-order valence-electron chi connectivity index (χ1n) is 15.1. The minimum atomic E-state index is -3.37. The Morgan fingerprint density at radius 1 is 0.642 bits per heavy atom. The van der Waals surface area contributed by atoms with Crippen LogP contribution in [0.2, 0.25) is 0 Å². The van der Waals surface area contributed by atoms with Crippen LogP contribution in [0.3, 0.4) is 0 Å². The summed E-state index contributed by atoms with van der Waals surface area (Å²) in [4.78, 5) is 3.04. The molecule has 0 atom stereocenters. The number of nitrogens with one attached hydrogen (secondary N) is 1. The number of nitrogen functional groups attached to an aromatic ring is 1. The Bertz CT molecular complexity index is 2290. The highest BCUT2D eigenvalue weighted by Gasteiger charge is 2.16. The summed E-state index contributed by atoms with van der Waals surface area (Å²) in [5.74, 6) is 0.856. The maximum absolute atomic E-state index is 12.0. The smallest absolute Gasteiger partial charge is 0.207 e. The molecule has 2 aromatic heterocycles. The van der Waals surface area contributed by atoms with Crippen molar-refractivity contribution in [1.29, 1.82) is 0 Å². The maximum Gasteiger partial charge on any atom is 0.207 e. The Kier molecular flexibility index (Phi) is 16.3. The van der Waals surface area contributed by atoms with Crippen LogP contribution in [-0.2, 0) is 32.8 Å². The van der Waals surface area contributed by atoms with E-state index in [1.165, 1.54) is 21.9 Å². The molecule has 6 aromatic rings. The van der Waals surface area contributed by atoms with Crippen LogP contribution in [0, 0.1) is 0 Å². The van der Waals surface area contributed by atoms with Gasteiger partial charge >= 0.3 is 0 Å². The standard InChI is InChI=1S/C16H17N5O3S.C9H11N5O.C7H7BO2S.2H2O/c1-25(23,24)15-9-5-4-8-14(15)17-13-7-3-2-6-12(13)16-18-20-21(19-16)10-11-22;10-8-4-2-1-3-7(8)9-11-13-14(12-9)5-6-15;1-11(9,10)7-5-3-2-4-6(7)8;;/h2-9,17,22H,10-11H2,1H3;1-4,15H,5-6,10H2;2-5H,1H3;2*1H2.